The van der Waals surface area contributed by atoms with E-state index in [0.717, 1.165) is 9.21 Å². The summed E-state index contributed by atoms with van der Waals surface area (Å²) in [6, 6.07) is 6.33. The molecule has 9 heteroatoms. The Kier molecular flexibility index (Phi) is 5.35. The number of sulfonamides is 1. The number of carbonyl (C=O) groups is 3. The van der Waals surface area contributed by atoms with Gasteiger partial charge in [-0.25, -0.2) is 12.7 Å². The van der Waals surface area contributed by atoms with Gasteiger partial charge in [-0.05, 0) is 11.6 Å². The quantitative estimate of drug-likeness (QED) is 0.707. The zero-order valence-electron chi connectivity index (χ0n) is 13.5. The number of amides is 3. The Morgan fingerprint density at radius 1 is 1.17 bits per heavy atom. The Bertz CT molecular complexity index is 757. The molecular weight excluding hydrogens is 334 g/mol. The van der Waals surface area contributed by atoms with Crippen molar-refractivity contribution in [3.05, 3.63) is 29.8 Å². The van der Waals surface area contributed by atoms with Gasteiger partial charge in [0.25, 0.3) is 0 Å². The maximum Gasteiger partial charge on any atom is 0.242 e. The van der Waals surface area contributed by atoms with E-state index in [4.69, 9.17) is 0 Å². The van der Waals surface area contributed by atoms with Crippen LogP contribution in [0.25, 0.3) is 0 Å². The molecule has 0 aromatic heterocycles. The van der Waals surface area contributed by atoms with Crippen molar-refractivity contribution in [3.8, 4) is 0 Å². The Morgan fingerprint density at radius 3 is 2.33 bits per heavy atom. The number of nitrogens with zero attached hydrogens (tertiary/aromatic N) is 2. The van der Waals surface area contributed by atoms with E-state index < -0.39 is 15.9 Å². The second kappa shape index (κ2) is 7.10. The van der Waals surface area contributed by atoms with Crippen molar-refractivity contribution in [1.29, 1.82) is 0 Å². The summed E-state index contributed by atoms with van der Waals surface area (Å²) >= 11 is 0. The second-order valence-electron chi connectivity index (χ2n) is 5.55. The number of carbonyl (C=O) groups excluding carboxylic acids is 3. The van der Waals surface area contributed by atoms with E-state index in [0.29, 0.717) is 5.56 Å². The van der Waals surface area contributed by atoms with Gasteiger partial charge in [-0.3, -0.25) is 19.3 Å². The van der Waals surface area contributed by atoms with E-state index >= 15 is 0 Å². The summed E-state index contributed by atoms with van der Waals surface area (Å²) in [5.74, 6) is -1.26. The highest BCUT2D eigenvalue weighted by Crippen LogP contribution is 2.18. The van der Waals surface area contributed by atoms with E-state index in [-0.39, 0.29) is 42.6 Å². The van der Waals surface area contributed by atoms with Crippen LogP contribution < -0.4 is 5.32 Å². The van der Waals surface area contributed by atoms with Crippen LogP contribution in [-0.2, 0) is 31.0 Å². The lowest BCUT2D eigenvalue weighted by Crippen LogP contribution is -2.39. The molecule has 3 amide bonds. The molecule has 0 radical (unpaired) electrons. The predicted molar refractivity (Wildman–Crippen MR) is 85.1 cm³/mol. The molecule has 1 fully saturated rings. The molecule has 0 unspecified atom stereocenters. The molecule has 0 bridgehead atoms. The minimum Gasteiger partial charge on any atom is -0.350 e. The van der Waals surface area contributed by atoms with Crippen LogP contribution in [0, 0.1) is 0 Å². The molecule has 1 aliphatic rings. The van der Waals surface area contributed by atoms with Crippen LogP contribution in [0.1, 0.15) is 18.4 Å². The van der Waals surface area contributed by atoms with E-state index in [2.05, 4.69) is 5.32 Å². The van der Waals surface area contributed by atoms with Crippen LogP contribution in [0.2, 0.25) is 0 Å². The summed E-state index contributed by atoms with van der Waals surface area (Å²) in [6.07, 6.45) is 0.242. The number of benzene rings is 1. The summed E-state index contributed by atoms with van der Waals surface area (Å²) in [5.41, 5.74) is 0.429. The highest BCUT2D eigenvalue weighted by atomic mass is 32.2. The molecule has 1 aliphatic heterocycles. The molecule has 1 aromatic carbocycles. The van der Waals surface area contributed by atoms with Gasteiger partial charge >= 0.3 is 0 Å². The average Bonchev–Trinajstić information content (AvgIpc) is 2.85. The predicted octanol–water partition coefficient (Wildman–Crippen LogP) is -0.298. The van der Waals surface area contributed by atoms with Gasteiger partial charge in [-0.2, -0.15) is 0 Å². The number of hydrogen-bond donors (Lipinski definition) is 1. The fraction of sp³-hybridized carbons (Fsp3) is 0.400. The van der Waals surface area contributed by atoms with Crippen molar-refractivity contribution in [2.75, 3.05) is 20.6 Å². The first-order valence-corrected chi connectivity index (χ1v) is 8.78. The van der Waals surface area contributed by atoms with Gasteiger partial charge in [0.05, 0.1) is 4.90 Å². The van der Waals surface area contributed by atoms with Gasteiger partial charge in [0.2, 0.25) is 27.7 Å². The first-order valence-electron chi connectivity index (χ1n) is 7.34. The lowest BCUT2D eigenvalue weighted by atomic mass is 10.2. The third-order valence-corrected chi connectivity index (χ3v) is 5.58. The minimum absolute atomic E-state index is 0.0156. The van der Waals surface area contributed by atoms with Gasteiger partial charge in [0.1, 0.15) is 6.54 Å². The van der Waals surface area contributed by atoms with Gasteiger partial charge in [-0.1, -0.05) is 18.2 Å². The third-order valence-electron chi connectivity index (χ3n) is 3.66. The molecule has 0 atom stereocenters. The Balaban J connectivity index is 2.06. The highest BCUT2D eigenvalue weighted by Gasteiger charge is 2.30. The molecule has 0 aliphatic carbocycles. The van der Waals surface area contributed by atoms with Crippen molar-refractivity contribution >= 4 is 27.7 Å². The monoisotopic (exact) mass is 353 g/mol. The van der Waals surface area contributed by atoms with Gasteiger partial charge in [-0.15, -0.1) is 0 Å². The molecule has 24 heavy (non-hydrogen) atoms. The number of hydrogen-bond acceptors (Lipinski definition) is 5. The number of nitrogens with one attached hydrogen (secondary N) is 1. The molecule has 8 nitrogen and oxygen atoms in total. The molecule has 0 spiro atoms. The van der Waals surface area contributed by atoms with Crippen molar-refractivity contribution in [3.63, 3.8) is 0 Å². The first kappa shape index (κ1) is 18.1. The summed E-state index contributed by atoms with van der Waals surface area (Å²) < 4.78 is 25.6. The average molecular weight is 353 g/mol. The summed E-state index contributed by atoms with van der Waals surface area (Å²) in [5, 5.41) is 2.55. The lowest BCUT2D eigenvalue weighted by molar-refractivity contribution is -0.142. The fourth-order valence-corrected chi connectivity index (χ4v) is 3.41. The Morgan fingerprint density at radius 2 is 1.75 bits per heavy atom. The topological polar surface area (TPSA) is 104 Å². The lowest BCUT2D eigenvalue weighted by Gasteiger charge is -2.16. The zero-order valence-corrected chi connectivity index (χ0v) is 14.3. The molecule has 130 valence electrons. The highest BCUT2D eigenvalue weighted by molar-refractivity contribution is 7.89. The second-order valence-corrected chi connectivity index (χ2v) is 7.67. The van der Waals surface area contributed by atoms with E-state index in [1.165, 1.54) is 20.2 Å². The SMILES string of the molecule is CN(C)S(=O)(=O)c1ccccc1CNC(=O)CN1C(=O)CCC1=O. The van der Waals surface area contributed by atoms with E-state index in [1.807, 2.05) is 0 Å². The van der Waals surface area contributed by atoms with Crippen molar-refractivity contribution in [2.24, 2.45) is 0 Å². The molecule has 0 saturated carbocycles. The maximum atomic E-state index is 12.3. The van der Waals surface area contributed by atoms with Crippen LogP contribution in [0.15, 0.2) is 29.2 Å². The standard InChI is InChI=1S/C15H19N3O5S/c1-17(2)24(22,23)12-6-4-3-5-11(12)9-16-13(19)10-18-14(20)7-8-15(18)21/h3-6H,7-10H2,1-2H3,(H,16,19). The van der Waals surface area contributed by atoms with Crippen molar-refractivity contribution in [1.82, 2.24) is 14.5 Å². The Hall–Kier alpha value is -2.26. The molecule has 2 rings (SSSR count). The van der Waals surface area contributed by atoms with Crippen LogP contribution in [0.4, 0.5) is 0 Å². The van der Waals surface area contributed by atoms with Crippen LogP contribution >= 0.6 is 0 Å². The molecule has 1 saturated heterocycles. The van der Waals surface area contributed by atoms with Crippen LogP contribution in [0.5, 0.6) is 0 Å². The number of imide groups is 1. The largest absolute Gasteiger partial charge is 0.350 e. The number of likely N-dealkylation sites (tertiary alicyclic amines) is 1. The number of rotatable bonds is 6. The molecule has 1 N–H and O–H groups in total. The van der Waals surface area contributed by atoms with E-state index in [9.17, 15) is 22.8 Å². The van der Waals surface area contributed by atoms with E-state index in [1.54, 1.807) is 18.2 Å². The van der Waals surface area contributed by atoms with Crippen LogP contribution in [-0.4, -0.2) is 56.0 Å². The summed E-state index contributed by atoms with van der Waals surface area (Å²) in [6.45, 7) is -0.363. The maximum absolute atomic E-state index is 12.3. The first-order chi connectivity index (χ1) is 11.2. The Labute approximate surface area is 140 Å². The van der Waals surface area contributed by atoms with Gasteiger partial charge in [0.15, 0.2) is 0 Å². The van der Waals surface area contributed by atoms with Crippen molar-refractivity contribution in [2.45, 2.75) is 24.3 Å². The fourth-order valence-electron chi connectivity index (χ4n) is 2.29. The normalized spacial score (nSPS) is 15.2. The summed E-state index contributed by atoms with van der Waals surface area (Å²) in [7, 11) is -0.780. The van der Waals surface area contributed by atoms with Gasteiger partial charge in [0, 0.05) is 33.5 Å². The third kappa shape index (κ3) is 3.80. The minimum atomic E-state index is -3.63. The molecular formula is C15H19N3O5S. The van der Waals surface area contributed by atoms with Gasteiger partial charge < -0.3 is 5.32 Å². The van der Waals surface area contributed by atoms with Crippen LogP contribution in [0.3, 0.4) is 0 Å². The zero-order chi connectivity index (χ0) is 17.9. The molecule has 1 heterocycles. The smallest absolute Gasteiger partial charge is 0.242 e. The van der Waals surface area contributed by atoms with Crippen molar-refractivity contribution < 1.29 is 22.8 Å². The molecule has 1 aromatic rings. The summed E-state index contributed by atoms with van der Waals surface area (Å²) in [4.78, 5) is 35.9.